The van der Waals surface area contributed by atoms with Gasteiger partial charge in [-0.3, -0.25) is 4.79 Å². The van der Waals surface area contributed by atoms with Gasteiger partial charge in [0.15, 0.2) is 5.82 Å². The fraction of sp³-hybridized carbons (Fsp3) is 0.182. The van der Waals surface area contributed by atoms with Crippen molar-refractivity contribution in [1.29, 1.82) is 0 Å². The number of methoxy groups -OCH3 is 1. The van der Waals surface area contributed by atoms with E-state index >= 15 is 0 Å². The second-order valence-electron chi connectivity index (χ2n) is 9.46. The van der Waals surface area contributed by atoms with E-state index in [4.69, 9.17) is 9.47 Å². The lowest BCUT2D eigenvalue weighted by molar-refractivity contribution is -0.131. The zero-order valence-corrected chi connectivity index (χ0v) is 23.2. The Morgan fingerprint density at radius 2 is 1.48 bits per heavy atom. The number of hydrogen-bond acceptors (Lipinski definition) is 6. The smallest absolute Gasteiger partial charge is 0.298 e. The first-order chi connectivity index (χ1) is 19.6. The van der Waals surface area contributed by atoms with Crippen LogP contribution in [0.25, 0.3) is 0 Å². The summed E-state index contributed by atoms with van der Waals surface area (Å²) >= 11 is 1.22. The maximum Gasteiger partial charge on any atom is 0.298 e. The maximum absolute atomic E-state index is 13.4. The molecule has 0 N–H and O–H groups in total. The van der Waals surface area contributed by atoms with Crippen molar-refractivity contribution in [3.8, 4) is 16.7 Å². The number of aromatic nitrogens is 2. The molecule has 4 aromatic carbocycles. The molecule has 5 aromatic rings. The van der Waals surface area contributed by atoms with E-state index in [1.807, 2.05) is 89.8 Å². The van der Waals surface area contributed by atoms with Crippen LogP contribution in [0.4, 0.5) is 0 Å². The molecule has 0 atom stereocenters. The molecule has 0 unspecified atom stereocenters. The summed E-state index contributed by atoms with van der Waals surface area (Å²) in [5, 5.41) is 0.483. The van der Waals surface area contributed by atoms with Gasteiger partial charge in [-0.05, 0) is 52.9 Å². The average molecular weight is 550 g/mol. The number of carbonyl (C=O) groups is 1. The fourth-order valence-corrected chi connectivity index (χ4v) is 4.95. The lowest BCUT2D eigenvalue weighted by Gasteiger charge is -2.23. The third kappa shape index (κ3) is 7.77. The van der Waals surface area contributed by atoms with Gasteiger partial charge in [-0.1, -0.05) is 84.9 Å². The van der Waals surface area contributed by atoms with Gasteiger partial charge in [-0.15, -0.1) is 0 Å². The largest absolute Gasteiger partial charge is 0.497 e. The zero-order valence-electron chi connectivity index (χ0n) is 22.4. The Hall–Kier alpha value is -4.49. The van der Waals surface area contributed by atoms with Gasteiger partial charge in [0.05, 0.1) is 13.5 Å². The molecule has 7 heteroatoms. The number of rotatable bonds is 12. The van der Waals surface area contributed by atoms with E-state index in [9.17, 15) is 4.79 Å². The van der Waals surface area contributed by atoms with Crippen LogP contribution in [0.15, 0.2) is 109 Å². The van der Waals surface area contributed by atoms with Crippen molar-refractivity contribution in [2.24, 2.45) is 0 Å². The zero-order chi connectivity index (χ0) is 27.6. The average Bonchev–Trinajstić information content (AvgIpc) is 3.43. The minimum Gasteiger partial charge on any atom is -0.497 e. The van der Waals surface area contributed by atoms with Gasteiger partial charge < -0.3 is 14.4 Å². The Bertz CT molecular complexity index is 1510. The van der Waals surface area contributed by atoms with Crippen LogP contribution in [0, 0.1) is 0 Å². The highest BCUT2D eigenvalue weighted by molar-refractivity contribution is 7.07. The molecule has 0 radical (unpaired) electrons. The first kappa shape index (κ1) is 27.1. The third-order valence-corrected chi connectivity index (χ3v) is 7.14. The lowest BCUT2D eigenvalue weighted by atomic mass is 10.1. The van der Waals surface area contributed by atoms with Crippen LogP contribution in [0.2, 0.25) is 0 Å². The monoisotopic (exact) mass is 549 g/mol. The van der Waals surface area contributed by atoms with Crippen LogP contribution in [0.1, 0.15) is 28.1 Å². The summed E-state index contributed by atoms with van der Waals surface area (Å²) in [6.45, 7) is 1.25. The van der Waals surface area contributed by atoms with E-state index in [1.165, 1.54) is 17.1 Å². The van der Waals surface area contributed by atoms with Gasteiger partial charge in [0.25, 0.3) is 5.19 Å². The van der Waals surface area contributed by atoms with Crippen molar-refractivity contribution in [2.45, 2.75) is 25.8 Å². The van der Waals surface area contributed by atoms with Gasteiger partial charge in [-0.2, -0.15) is 9.36 Å². The first-order valence-electron chi connectivity index (χ1n) is 13.2. The van der Waals surface area contributed by atoms with Crippen molar-refractivity contribution in [2.75, 3.05) is 13.7 Å². The molecule has 0 bridgehead atoms. The molecule has 0 aliphatic heterocycles. The highest BCUT2D eigenvalue weighted by atomic mass is 32.1. The summed E-state index contributed by atoms with van der Waals surface area (Å²) in [7, 11) is 1.65. The van der Waals surface area contributed by atoms with Crippen molar-refractivity contribution >= 4 is 17.4 Å². The Kier molecular flexibility index (Phi) is 9.17. The van der Waals surface area contributed by atoms with Crippen LogP contribution in [0.5, 0.6) is 16.7 Å². The molecule has 0 aliphatic rings. The SMILES string of the molecule is COc1cccc(Cc2nsc(Oc3ccc(CC(=O)N(CCc4ccccc4)Cc4ccccc4)cc3)n2)c1. The molecular formula is C33H31N3O3S. The first-order valence-corrected chi connectivity index (χ1v) is 14.0. The Balaban J connectivity index is 1.19. The topological polar surface area (TPSA) is 64.6 Å². The molecule has 0 saturated carbocycles. The molecule has 0 fully saturated rings. The second kappa shape index (κ2) is 13.5. The summed E-state index contributed by atoms with van der Waals surface area (Å²) in [6.07, 6.45) is 1.74. The van der Waals surface area contributed by atoms with E-state index in [2.05, 4.69) is 33.6 Å². The number of amides is 1. The Labute approximate surface area is 239 Å². The molecule has 1 amide bonds. The predicted octanol–water partition coefficient (Wildman–Crippen LogP) is 6.74. The van der Waals surface area contributed by atoms with Crippen LogP contribution in [-0.4, -0.2) is 33.8 Å². The third-order valence-electron chi connectivity index (χ3n) is 6.51. The second-order valence-corrected chi connectivity index (χ2v) is 10.2. The summed E-state index contributed by atoms with van der Waals surface area (Å²) in [5.41, 5.74) is 4.35. The lowest BCUT2D eigenvalue weighted by Crippen LogP contribution is -2.33. The van der Waals surface area contributed by atoms with Crippen molar-refractivity contribution in [1.82, 2.24) is 14.3 Å². The molecule has 1 heterocycles. The molecule has 0 saturated heterocycles. The molecule has 6 nitrogen and oxygen atoms in total. The van der Waals surface area contributed by atoms with E-state index in [0.29, 0.717) is 42.7 Å². The minimum atomic E-state index is 0.0970. The predicted molar refractivity (Wildman–Crippen MR) is 158 cm³/mol. The fourth-order valence-electron chi connectivity index (χ4n) is 4.38. The molecular weight excluding hydrogens is 518 g/mol. The molecule has 0 aliphatic carbocycles. The summed E-state index contributed by atoms with van der Waals surface area (Å²) in [4.78, 5) is 19.8. The summed E-state index contributed by atoms with van der Waals surface area (Å²) < 4.78 is 15.7. The van der Waals surface area contributed by atoms with Crippen LogP contribution in [-0.2, 0) is 30.6 Å². The summed E-state index contributed by atoms with van der Waals surface area (Å²) in [5.74, 6) is 2.26. The number of nitrogens with zero attached hydrogens (tertiary/aromatic N) is 3. The molecule has 0 spiro atoms. The van der Waals surface area contributed by atoms with Crippen LogP contribution < -0.4 is 9.47 Å². The molecule has 5 rings (SSSR count). The highest BCUT2D eigenvalue weighted by Gasteiger charge is 2.15. The minimum absolute atomic E-state index is 0.0970. The Morgan fingerprint density at radius 3 is 2.20 bits per heavy atom. The number of benzene rings is 4. The van der Waals surface area contributed by atoms with Gasteiger partial charge in [0, 0.05) is 31.0 Å². The van der Waals surface area contributed by atoms with E-state index in [-0.39, 0.29) is 5.91 Å². The quantitative estimate of drug-likeness (QED) is 0.172. The molecule has 202 valence electrons. The van der Waals surface area contributed by atoms with E-state index in [0.717, 1.165) is 28.9 Å². The summed E-state index contributed by atoms with van der Waals surface area (Å²) in [6, 6.07) is 35.9. The van der Waals surface area contributed by atoms with Gasteiger partial charge in [0.2, 0.25) is 5.91 Å². The number of hydrogen-bond donors (Lipinski definition) is 0. The van der Waals surface area contributed by atoms with Crippen molar-refractivity contribution in [3.05, 3.63) is 137 Å². The van der Waals surface area contributed by atoms with E-state index in [1.54, 1.807) is 7.11 Å². The number of carbonyl (C=O) groups excluding carboxylic acids is 1. The standard InChI is InChI=1S/C33H31N3O3S/c1-38-30-14-8-13-28(21-30)22-31-34-33(40-35-31)39-29-17-15-26(16-18-29)23-32(37)36(24-27-11-6-3-7-12-27)20-19-25-9-4-2-5-10-25/h2-18,21H,19-20,22-24H2,1H3. The molecule has 1 aromatic heterocycles. The Morgan fingerprint density at radius 1 is 0.775 bits per heavy atom. The maximum atomic E-state index is 13.4. The van der Waals surface area contributed by atoms with Crippen molar-refractivity contribution < 1.29 is 14.3 Å². The van der Waals surface area contributed by atoms with E-state index < -0.39 is 0 Å². The van der Waals surface area contributed by atoms with Gasteiger partial charge in [0.1, 0.15) is 11.5 Å². The van der Waals surface area contributed by atoms with Gasteiger partial charge in [-0.25, -0.2) is 0 Å². The normalized spacial score (nSPS) is 10.7. The number of ether oxygens (including phenoxy) is 2. The van der Waals surface area contributed by atoms with Crippen LogP contribution >= 0.6 is 11.5 Å². The molecule has 40 heavy (non-hydrogen) atoms. The van der Waals surface area contributed by atoms with Gasteiger partial charge >= 0.3 is 0 Å². The van der Waals surface area contributed by atoms with Crippen molar-refractivity contribution in [3.63, 3.8) is 0 Å². The highest BCUT2D eigenvalue weighted by Crippen LogP contribution is 2.25. The van der Waals surface area contributed by atoms with Crippen LogP contribution in [0.3, 0.4) is 0 Å².